The zero-order chi connectivity index (χ0) is 13.3. The highest BCUT2D eigenvalue weighted by Gasteiger charge is 2.41. The lowest BCUT2D eigenvalue weighted by Gasteiger charge is -2.38. The molecule has 2 aromatic rings. The summed E-state index contributed by atoms with van der Waals surface area (Å²) in [6, 6.07) is 9.76. The number of para-hydroxylation sites is 1. The summed E-state index contributed by atoms with van der Waals surface area (Å²) in [7, 11) is 1.69. The summed E-state index contributed by atoms with van der Waals surface area (Å²) in [6.45, 7) is 0. The minimum atomic E-state index is -0.690. The summed E-state index contributed by atoms with van der Waals surface area (Å²) >= 11 is 0. The van der Waals surface area contributed by atoms with Gasteiger partial charge in [-0.3, -0.25) is 0 Å². The fraction of sp³-hybridized carbons (Fsp3) is 0.500. The third-order valence-electron chi connectivity index (χ3n) is 4.32. The lowest BCUT2D eigenvalue weighted by molar-refractivity contribution is -0.131. The molecule has 1 aromatic carbocycles. The molecule has 1 aliphatic rings. The van der Waals surface area contributed by atoms with Gasteiger partial charge >= 0.3 is 0 Å². The SMILES string of the molecule is COC1(C(O)c2cc3ccccc3o2)CCCCC1. The molecule has 1 aliphatic carbocycles. The van der Waals surface area contributed by atoms with E-state index in [4.69, 9.17) is 9.15 Å². The van der Waals surface area contributed by atoms with Crippen LogP contribution in [-0.4, -0.2) is 17.8 Å². The number of ether oxygens (including phenoxy) is 1. The molecule has 1 unspecified atom stereocenters. The Morgan fingerprint density at radius 1 is 1.21 bits per heavy atom. The van der Waals surface area contributed by atoms with Gasteiger partial charge in [-0.25, -0.2) is 0 Å². The van der Waals surface area contributed by atoms with Crippen LogP contribution in [0.1, 0.15) is 44.0 Å². The van der Waals surface area contributed by atoms with Crippen molar-refractivity contribution in [1.82, 2.24) is 0 Å². The van der Waals surface area contributed by atoms with Crippen molar-refractivity contribution in [3.05, 3.63) is 36.1 Å². The first-order valence-electron chi connectivity index (χ1n) is 6.97. The molecule has 0 bridgehead atoms. The first-order chi connectivity index (χ1) is 9.25. The Balaban J connectivity index is 1.95. The predicted octanol–water partition coefficient (Wildman–Crippen LogP) is 3.82. The molecule has 0 amide bonds. The molecule has 1 aromatic heterocycles. The summed E-state index contributed by atoms with van der Waals surface area (Å²) in [6.07, 6.45) is 4.52. The van der Waals surface area contributed by atoms with Crippen molar-refractivity contribution in [3.8, 4) is 0 Å². The molecule has 0 spiro atoms. The maximum atomic E-state index is 10.7. The van der Waals surface area contributed by atoms with E-state index in [9.17, 15) is 5.11 Å². The highest BCUT2D eigenvalue weighted by atomic mass is 16.5. The standard InChI is InChI=1S/C16H20O3/c1-18-16(9-5-2-6-10-16)15(17)14-11-12-7-3-4-8-13(12)19-14/h3-4,7-8,11,15,17H,2,5-6,9-10H2,1H3. The highest BCUT2D eigenvalue weighted by molar-refractivity contribution is 5.77. The Bertz CT molecular complexity index is 519. The van der Waals surface area contributed by atoms with Crippen LogP contribution in [0.25, 0.3) is 11.0 Å². The van der Waals surface area contributed by atoms with Crippen molar-refractivity contribution in [2.75, 3.05) is 7.11 Å². The third-order valence-corrected chi connectivity index (χ3v) is 4.32. The van der Waals surface area contributed by atoms with E-state index in [2.05, 4.69) is 0 Å². The maximum absolute atomic E-state index is 10.7. The number of hydrogen-bond donors (Lipinski definition) is 1. The molecule has 0 aliphatic heterocycles. The molecule has 1 N–H and O–H groups in total. The van der Waals surface area contributed by atoms with E-state index in [1.165, 1.54) is 6.42 Å². The first kappa shape index (κ1) is 12.7. The van der Waals surface area contributed by atoms with Crippen LogP contribution in [0.15, 0.2) is 34.7 Å². The molecular formula is C16H20O3. The van der Waals surface area contributed by atoms with Gasteiger partial charge < -0.3 is 14.3 Å². The second-order valence-electron chi connectivity index (χ2n) is 5.42. The lowest BCUT2D eigenvalue weighted by Crippen LogP contribution is -2.40. The Labute approximate surface area is 113 Å². The van der Waals surface area contributed by atoms with E-state index in [0.29, 0.717) is 5.76 Å². The van der Waals surface area contributed by atoms with Gasteiger partial charge in [0, 0.05) is 12.5 Å². The molecule has 1 saturated carbocycles. The number of methoxy groups -OCH3 is 1. The van der Waals surface area contributed by atoms with E-state index in [-0.39, 0.29) is 0 Å². The molecule has 3 heteroatoms. The van der Waals surface area contributed by atoms with E-state index >= 15 is 0 Å². The fourth-order valence-corrected chi connectivity index (χ4v) is 3.14. The Hall–Kier alpha value is -1.32. The van der Waals surface area contributed by atoms with Crippen LogP contribution >= 0.6 is 0 Å². The quantitative estimate of drug-likeness (QED) is 0.912. The van der Waals surface area contributed by atoms with Gasteiger partial charge in [0.05, 0.1) is 0 Å². The van der Waals surface area contributed by atoms with E-state index in [1.54, 1.807) is 7.11 Å². The average Bonchev–Trinajstić information content (AvgIpc) is 2.91. The number of rotatable bonds is 3. The van der Waals surface area contributed by atoms with Crippen LogP contribution in [0.5, 0.6) is 0 Å². The van der Waals surface area contributed by atoms with Crippen molar-refractivity contribution in [2.24, 2.45) is 0 Å². The largest absolute Gasteiger partial charge is 0.458 e. The minimum Gasteiger partial charge on any atom is -0.458 e. The summed E-state index contributed by atoms with van der Waals surface area (Å²) in [5.41, 5.74) is 0.338. The predicted molar refractivity (Wildman–Crippen MR) is 74.0 cm³/mol. The molecule has 19 heavy (non-hydrogen) atoms. The van der Waals surface area contributed by atoms with E-state index in [1.807, 2.05) is 30.3 Å². The summed E-state index contributed by atoms with van der Waals surface area (Å²) in [4.78, 5) is 0. The van der Waals surface area contributed by atoms with Crippen molar-refractivity contribution < 1.29 is 14.3 Å². The Morgan fingerprint density at radius 2 is 1.95 bits per heavy atom. The topological polar surface area (TPSA) is 42.6 Å². The second kappa shape index (κ2) is 4.99. The van der Waals surface area contributed by atoms with Gasteiger partial charge in [-0.2, -0.15) is 0 Å². The minimum absolute atomic E-state index is 0.480. The van der Waals surface area contributed by atoms with Crippen LogP contribution in [0, 0.1) is 0 Å². The normalized spacial score (nSPS) is 20.5. The van der Waals surface area contributed by atoms with Crippen molar-refractivity contribution >= 4 is 11.0 Å². The number of aliphatic hydroxyl groups excluding tert-OH is 1. The highest BCUT2D eigenvalue weighted by Crippen LogP contribution is 2.42. The van der Waals surface area contributed by atoms with Crippen LogP contribution < -0.4 is 0 Å². The number of hydrogen-bond acceptors (Lipinski definition) is 3. The Morgan fingerprint density at radius 3 is 2.63 bits per heavy atom. The van der Waals surface area contributed by atoms with Gasteiger partial charge in [0.2, 0.25) is 0 Å². The Kier molecular flexibility index (Phi) is 3.33. The fourth-order valence-electron chi connectivity index (χ4n) is 3.14. The molecule has 102 valence electrons. The number of furan rings is 1. The van der Waals surface area contributed by atoms with Gasteiger partial charge in [-0.1, -0.05) is 37.5 Å². The zero-order valence-corrected chi connectivity index (χ0v) is 11.3. The van der Waals surface area contributed by atoms with Gasteiger partial charge in [-0.05, 0) is 25.0 Å². The van der Waals surface area contributed by atoms with Crippen LogP contribution in [0.3, 0.4) is 0 Å². The maximum Gasteiger partial charge on any atom is 0.140 e. The second-order valence-corrected chi connectivity index (χ2v) is 5.42. The molecule has 1 atom stereocenters. The van der Waals surface area contributed by atoms with Crippen LogP contribution in [0.2, 0.25) is 0 Å². The first-order valence-corrected chi connectivity index (χ1v) is 6.97. The third kappa shape index (κ3) is 2.17. The number of aliphatic hydroxyl groups is 1. The van der Waals surface area contributed by atoms with Crippen molar-refractivity contribution in [2.45, 2.75) is 43.8 Å². The van der Waals surface area contributed by atoms with Gasteiger partial charge in [0.15, 0.2) is 0 Å². The molecule has 0 saturated heterocycles. The zero-order valence-electron chi connectivity index (χ0n) is 11.3. The monoisotopic (exact) mass is 260 g/mol. The molecule has 0 radical (unpaired) electrons. The van der Waals surface area contributed by atoms with Gasteiger partial charge in [0.25, 0.3) is 0 Å². The summed E-state index contributed by atoms with van der Waals surface area (Å²) in [5.74, 6) is 0.616. The molecule has 1 heterocycles. The number of fused-ring (bicyclic) bond motifs is 1. The average molecular weight is 260 g/mol. The molecule has 3 nitrogen and oxygen atoms in total. The van der Waals surface area contributed by atoms with Gasteiger partial charge in [-0.15, -0.1) is 0 Å². The van der Waals surface area contributed by atoms with Crippen molar-refractivity contribution in [3.63, 3.8) is 0 Å². The summed E-state index contributed by atoms with van der Waals surface area (Å²) in [5, 5.41) is 11.7. The number of benzene rings is 1. The van der Waals surface area contributed by atoms with E-state index in [0.717, 1.165) is 36.7 Å². The molecule has 1 fully saturated rings. The van der Waals surface area contributed by atoms with Crippen LogP contribution in [-0.2, 0) is 4.74 Å². The van der Waals surface area contributed by atoms with Gasteiger partial charge in [0.1, 0.15) is 23.0 Å². The van der Waals surface area contributed by atoms with Crippen molar-refractivity contribution in [1.29, 1.82) is 0 Å². The van der Waals surface area contributed by atoms with E-state index < -0.39 is 11.7 Å². The van der Waals surface area contributed by atoms with Crippen LogP contribution in [0.4, 0.5) is 0 Å². The summed E-state index contributed by atoms with van der Waals surface area (Å²) < 4.78 is 11.5. The lowest BCUT2D eigenvalue weighted by atomic mass is 9.79. The molecule has 3 rings (SSSR count). The molecular weight excluding hydrogens is 240 g/mol. The smallest absolute Gasteiger partial charge is 0.140 e.